The number of nitrogen functional groups attached to an aromatic ring is 1. The number of amidine groups is 1. The summed E-state index contributed by atoms with van der Waals surface area (Å²) in [6, 6.07) is 4.97. The third-order valence-corrected chi connectivity index (χ3v) is 3.93. The maximum atomic E-state index is 11.9. The van der Waals surface area contributed by atoms with Crippen LogP contribution in [0.1, 0.15) is 17.5 Å². The molecule has 4 N–H and O–H groups in total. The number of sulfonamides is 1. The Bertz CT molecular complexity index is 555. The van der Waals surface area contributed by atoms with Crippen molar-refractivity contribution >= 4 is 21.5 Å². The van der Waals surface area contributed by atoms with Crippen molar-refractivity contribution in [2.45, 2.75) is 13.3 Å². The Kier molecular flexibility index (Phi) is 5.31. The summed E-state index contributed by atoms with van der Waals surface area (Å²) < 4.78 is 31.0. The smallest absolute Gasteiger partial charge is 0.232 e. The van der Waals surface area contributed by atoms with E-state index in [1.165, 1.54) is 7.11 Å². The summed E-state index contributed by atoms with van der Waals surface area (Å²) in [4.78, 5) is 0. The van der Waals surface area contributed by atoms with E-state index in [9.17, 15) is 8.42 Å². The SMILES string of the molecule is COCCCS(=O)(=O)Nc1cc(C(=N)N)ccc1C. The van der Waals surface area contributed by atoms with E-state index in [1.54, 1.807) is 25.1 Å². The number of benzene rings is 1. The molecular formula is C12H19N3O3S. The Labute approximate surface area is 113 Å². The van der Waals surface area contributed by atoms with Crippen LogP contribution in [-0.4, -0.2) is 33.7 Å². The Balaban J connectivity index is 2.86. The number of aryl methyl sites for hydroxylation is 1. The number of hydrogen-bond donors (Lipinski definition) is 3. The first-order chi connectivity index (χ1) is 8.85. The quantitative estimate of drug-likeness (QED) is 0.395. The largest absolute Gasteiger partial charge is 0.385 e. The third kappa shape index (κ3) is 4.88. The lowest BCUT2D eigenvalue weighted by Crippen LogP contribution is -2.19. The molecule has 0 heterocycles. The summed E-state index contributed by atoms with van der Waals surface area (Å²) in [5, 5.41) is 7.35. The second kappa shape index (κ2) is 6.53. The van der Waals surface area contributed by atoms with Crippen molar-refractivity contribution in [2.24, 2.45) is 5.73 Å². The van der Waals surface area contributed by atoms with Crippen molar-refractivity contribution in [2.75, 3.05) is 24.2 Å². The van der Waals surface area contributed by atoms with E-state index in [1.807, 2.05) is 0 Å². The Morgan fingerprint density at radius 1 is 1.47 bits per heavy atom. The second-order valence-corrected chi connectivity index (χ2v) is 6.05. The Hall–Kier alpha value is -1.60. The predicted molar refractivity (Wildman–Crippen MR) is 76.1 cm³/mol. The van der Waals surface area contributed by atoms with Gasteiger partial charge in [-0.1, -0.05) is 12.1 Å². The van der Waals surface area contributed by atoms with Crippen LogP contribution in [0.5, 0.6) is 0 Å². The van der Waals surface area contributed by atoms with Gasteiger partial charge >= 0.3 is 0 Å². The van der Waals surface area contributed by atoms with Gasteiger partial charge in [-0.05, 0) is 25.0 Å². The summed E-state index contributed by atoms with van der Waals surface area (Å²) in [5.41, 5.74) is 7.10. The van der Waals surface area contributed by atoms with Crippen LogP contribution in [-0.2, 0) is 14.8 Å². The lowest BCUT2D eigenvalue weighted by Gasteiger charge is -2.11. The number of anilines is 1. The molecule has 0 aliphatic rings. The molecule has 0 radical (unpaired) electrons. The van der Waals surface area contributed by atoms with Gasteiger partial charge in [-0.3, -0.25) is 10.1 Å². The van der Waals surface area contributed by atoms with Crippen molar-refractivity contribution in [1.29, 1.82) is 5.41 Å². The number of rotatable bonds is 7. The van der Waals surface area contributed by atoms with E-state index in [4.69, 9.17) is 15.9 Å². The third-order valence-electron chi connectivity index (χ3n) is 2.58. The van der Waals surface area contributed by atoms with Gasteiger partial charge in [0.15, 0.2) is 0 Å². The first-order valence-corrected chi connectivity index (χ1v) is 7.45. The molecule has 19 heavy (non-hydrogen) atoms. The zero-order valence-electron chi connectivity index (χ0n) is 11.1. The molecule has 1 rings (SSSR count). The van der Waals surface area contributed by atoms with Gasteiger partial charge in [-0.25, -0.2) is 8.42 Å². The molecule has 0 amide bonds. The number of hydrogen-bond acceptors (Lipinski definition) is 4. The van der Waals surface area contributed by atoms with Gasteiger partial charge < -0.3 is 10.5 Å². The highest BCUT2D eigenvalue weighted by atomic mass is 32.2. The molecule has 1 aromatic carbocycles. The maximum absolute atomic E-state index is 11.9. The summed E-state index contributed by atoms with van der Waals surface area (Å²) in [5.74, 6) is -0.107. The minimum atomic E-state index is -3.41. The number of ether oxygens (including phenoxy) is 1. The van der Waals surface area contributed by atoms with Crippen LogP contribution in [0.4, 0.5) is 5.69 Å². The minimum Gasteiger partial charge on any atom is -0.385 e. The van der Waals surface area contributed by atoms with Gasteiger partial charge in [-0.15, -0.1) is 0 Å². The molecule has 0 atom stereocenters. The molecule has 0 fully saturated rings. The number of nitrogens with one attached hydrogen (secondary N) is 2. The van der Waals surface area contributed by atoms with Gasteiger partial charge in [0, 0.05) is 19.3 Å². The highest BCUT2D eigenvalue weighted by molar-refractivity contribution is 7.92. The highest BCUT2D eigenvalue weighted by Crippen LogP contribution is 2.18. The average Bonchev–Trinajstić information content (AvgIpc) is 2.31. The molecule has 6 nitrogen and oxygen atoms in total. The Morgan fingerprint density at radius 3 is 2.74 bits per heavy atom. The highest BCUT2D eigenvalue weighted by Gasteiger charge is 2.12. The topological polar surface area (TPSA) is 105 Å². The normalized spacial score (nSPS) is 11.3. The zero-order valence-corrected chi connectivity index (χ0v) is 11.9. The summed E-state index contributed by atoms with van der Waals surface area (Å²) in [6.07, 6.45) is 0.428. The molecule has 7 heteroatoms. The van der Waals surface area contributed by atoms with Crippen molar-refractivity contribution in [3.05, 3.63) is 29.3 Å². The summed E-state index contributed by atoms with van der Waals surface area (Å²) >= 11 is 0. The molecule has 0 bridgehead atoms. The van der Waals surface area contributed by atoms with Crippen LogP contribution in [0.3, 0.4) is 0 Å². The molecular weight excluding hydrogens is 266 g/mol. The molecule has 0 spiro atoms. The average molecular weight is 285 g/mol. The molecule has 0 aliphatic carbocycles. The van der Waals surface area contributed by atoms with Gasteiger partial charge in [0.05, 0.1) is 11.4 Å². The molecule has 0 saturated carbocycles. The van der Waals surface area contributed by atoms with Crippen LogP contribution in [0.2, 0.25) is 0 Å². The van der Waals surface area contributed by atoms with E-state index in [0.29, 0.717) is 24.3 Å². The predicted octanol–water partition coefficient (Wildman–Crippen LogP) is 1.06. The first kappa shape index (κ1) is 15.5. The van der Waals surface area contributed by atoms with Crippen LogP contribution < -0.4 is 10.5 Å². The van der Waals surface area contributed by atoms with Gasteiger partial charge in [0.2, 0.25) is 10.0 Å². The van der Waals surface area contributed by atoms with Gasteiger partial charge in [0.25, 0.3) is 0 Å². The number of nitrogens with two attached hydrogens (primary N) is 1. The van der Waals surface area contributed by atoms with Crippen molar-refractivity contribution in [1.82, 2.24) is 0 Å². The minimum absolute atomic E-state index is 0.00935. The zero-order chi connectivity index (χ0) is 14.5. The summed E-state index contributed by atoms with van der Waals surface area (Å²) in [6.45, 7) is 2.18. The van der Waals surface area contributed by atoms with E-state index >= 15 is 0 Å². The molecule has 0 aromatic heterocycles. The van der Waals surface area contributed by atoms with E-state index in [-0.39, 0.29) is 11.6 Å². The fraction of sp³-hybridized carbons (Fsp3) is 0.417. The van der Waals surface area contributed by atoms with Gasteiger partial charge in [-0.2, -0.15) is 0 Å². The molecule has 0 unspecified atom stereocenters. The summed E-state index contributed by atoms with van der Waals surface area (Å²) in [7, 11) is -1.88. The van der Waals surface area contributed by atoms with E-state index < -0.39 is 10.0 Å². The molecule has 106 valence electrons. The fourth-order valence-corrected chi connectivity index (χ4v) is 2.67. The molecule has 1 aromatic rings. The monoisotopic (exact) mass is 285 g/mol. The number of methoxy groups -OCH3 is 1. The Morgan fingerprint density at radius 2 is 2.16 bits per heavy atom. The van der Waals surface area contributed by atoms with E-state index in [2.05, 4.69) is 4.72 Å². The fourth-order valence-electron chi connectivity index (χ4n) is 1.51. The van der Waals surface area contributed by atoms with E-state index in [0.717, 1.165) is 5.56 Å². The lowest BCUT2D eigenvalue weighted by molar-refractivity contribution is 0.199. The maximum Gasteiger partial charge on any atom is 0.232 e. The van der Waals surface area contributed by atoms with Crippen LogP contribution >= 0.6 is 0 Å². The van der Waals surface area contributed by atoms with Crippen molar-refractivity contribution in [3.8, 4) is 0 Å². The van der Waals surface area contributed by atoms with Crippen molar-refractivity contribution < 1.29 is 13.2 Å². The standard InChI is InChI=1S/C12H19N3O3S/c1-9-4-5-10(12(13)14)8-11(9)15-19(16,17)7-3-6-18-2/h4-5,8,15H,3,6-7H2,1-2H3,(H3,13,14). The first-order valence-electron chi connectivity index (χ1n) is 5.80. The van der Waals surface area contributed by atoms with Crippen LogP contribution in [0.15, 0.2) is 18.2 Å². The van der Waals surface area contributed by atoms with Gasteiger partial charge in [0.1, 0.15) is 5.84 Å². The second-order valence-electron chi connectivity index (χ2n) is 4.21. The van der Waals surface area contributed by atoms with Crippen molar-refractivity contribution in [3.63, 3.8) is 0 Å². The lowest BCUT2D eigenvalue weighted by atomic mass is 10.1. The van der Waals surface area contributed by atoms with Crippen LogP contribution in [0.25, 0.3) is 0 Å². The van der Waals surface area contributed by atoms with Crippen LogP contribution in [0, 0.1) is 12.3 Å². The molecule has 0 aliphatic heterocycles. The molecule has 0 saturated heterocycles.